The van der Waals surface area contributed by atoms with Gasteiger partial charge in [0.1, 0.15) is 0 Å². The molecule has 1 fully saturated rings. The van der Waals surface area contributed by atoms with E-state index < -0.39 is 0 Å². The fourth-order valence-corrected chi connectivity index (χ4v) is 2.46. The summed E-state index contributed by atoms with van der Waals surface area (Å²) in [5.41, 5.74) is 8.03. The lowest BCUT2D eigenvalue weighted by Gasteiger charge is -2.17. The van der Waals surface area contributed by atoms with Gasteiger partial charge in [0.2, 0.25) is 0 Å². The normalized spacial score (nSPS) is 21.5. The smallest absolute Gasteiger partial charge is 0.0710 e. The van der Waals surface area contributed by atoms with Gasteiger partial charge in [0.25, 0.3) is 0 Å². The van der Waals surface area contributed by atoms with Gasteiger partial charge in [0.05, 0.1) is 6.10 Å². The minimum atomic E-state index is 0.386. The Kier molecular flexibility index (Phi) is 3.84. The molecule has 2 N–H and O–H groups in total. The molecule has 0 radical (unpaired) electrons. The highest BCUT2D eigenvalue weighted by Crippen LogP contribution is 2.22. The molecule has 0 spiro atoms. The van der Waals surface area contributed by atoms with E-state index in [-0.39, 0.29) is 0 Å². The molecule has 4 heteroatoms. The molecule has 1 aromatic carbocycles. The average Bonchev–Trinajstić information content (AvgIpc) is 2.70. The third kappa shape index (κ3) is 2.75. The predicted molar refractivity (Wildman–Crippen MR) is 69.2 cm³/mol. The minimum absolute atomic E-state index is 0.386. The van der Waals surface area contributed by atoms with Crippen molar-refractivity contribution in [3.63, 3.8) is 0 Å². The number of halogens is 1. The van der Waals surface area contributed by atoms with Crippen molar-refractivity contribution in [1.82, 2.24) is 4.90 Å². The Hall–Kier alpha value is -0.580. The van der Waals surface area contributed by atoms with Crippen LogP contribution in [-0.4, -0.2) is 31.2 Å². The lowest BCUT2D eigenvalue weighted by atomic mass is 10.2. The number of anilines is 1. The third-order valence-corrected chi connectivity index (χ3v) is 3.56. The Labute approximate surface area is 105 Å². The van der Waals surface area contributed by atoms with Crippen LogP contribution >= 0.6 is 15.9 Å². The standard InChI is InChI=1S/C12H17BrN2O/c1-16-11-4-5-15(8-11)7-9-2-3-10(13)6-12(9)14/h2-3,6,11H,4-5,7-8,14H2,1H3. The second-order valence-corrected chi connectivity index (χ2v) is 5.14. The Morgan fingerprint density at radius 1 is 1.56 bits per heavy atom. The Morgan fingerprint density at radius 3 is 3.00 bits per heavy atom. The Morgan fingerprint density at radius 2 is 2.38 bits per heavy atom. The minimum Gasteiger partial charge on any atom is -0.398 e. The molecule has 1 aliphatic rings. The molecule has 2 rings (SSSR count). The van der Waals surface area contributed by atoms with E-state index in [9.17, 15) is 0 Å². The molecule has 1 unspecified atom stereocenters. The van der Waals surface area contributed by atoms with E-state index in [0.29, 0.717) is 6.10 Å². The number of nitrogens with two attached hydrogens (primary N) is 1. The summed E-state index contributed by atoms with van der Waals surface area (Å²) >= 11 is 3.42. The van der Waals surface area contributed by atoms with Crippen LogP contribution in [0.1, 0.15) is 12.0 Å². The largest absolute Gasteiger partial charge is 0.398 e. The molecule has 1 aliphatic heterocycles. The molecule has 1 aromatic rings. The third-order valence-electron chi connectivity index (χ3n) is 3.06. The van der Waals surface area contributed by atoms with Gasteiger partial charge in [-0.3, -0.25) is 4.90 Å². The molecule has 0 aromatic heterocycles. The van der Waals surface area contributed by atoms with Crippen LogP contribution in [0.15, 0.2) is 22.7 Å². The van der Waals surface area contributed by atoms with E-state index in [2.05, 4.69) is 26.9 Å². The van der Waals surface area contributed by atoms with Gasteiger partial charge in [-0.2, -0.15) is 0 Å². The molecule has 0 bridgehead atoms. The van der Waals surface area contributed by atoms with Gasteiger partial charge in [-0.05, 0) is 24.1 Å². The van der Waals surface area contributed by atoms with Crippen LogP contribution < -0.4 is 5.73 Å². The highest BCUT2D eigenvalue weighted by molar-refractivity contribution is 9.10. The lowest BCUT2D eigenvalue weighted by molar-refractivity contribution is 0.107. The molecule has 88 valence electrons. The number of nitrogens with zero attached hydrogens (tertiary/aromatic N) is 1. The summed E-state index contributed by atoms with van der Waals surface area (Å²) in [4.78, 5) is 2.38. The van der Waals surface area contributed by atoms with Gasteiger partial charge >= 0.3 is 0 Å². The number of nitrogen functional groups attached to an aromatic ring is 1. The van der Waals surface area contributed by atoms with Crippen LogP contribution in [0.2, 0.25) is 0 Å². The molecule has 1 heterocycles. The summed E-state index contributed by atoms with van der Waals surface area (Å²) in [7, 11) is 1.78. The van der Waals surface area contributed by atoms with E-state index in [0.717, 1.165) is 36.2 Å². The van der Waals surface area contributed by atoms with E-state index >= 15 is 0 Å². The highest BCUT2D eigenvalue weighted by atomic mass is 79.9. The molecular weight excluding hydrogens is 268 g/mol. The van der Waals surface area contributed by atoms with Crippen LogP contribution in [0.5, 0.6) is 0 Å². The van der Waals surface area contributed by atoms with E-state index in [1.807, 2.05) is 12.1 Å². The number of hydrogen-bond acceptors (Lipinski definition) is 3. The zero-order chi connectivity index (χ0) is 11.5. The van der Waals surface area contributed by atoms with Crippen molar-refractivity contribution in [2.45, 2.75) is 19.1 Å². The number of rotatable bonds is 3. The zero-order valence-corrected chi connectivity index (χ0v) is 11.0. The monoisotopic (exact) mass is 284 g/mol. The molecule has 0 aliphatic carbocycles. The zero-order valence-electron chi connectivity index (χ0n) is 9.45. The number of hydrogen-bond donors (Lipinski definition) is 1. The van der Waals surface area contributed by atoms with Crippen molar-refractivity contribution in [2.75, 3.05) is 25.9 Å². The van der Waals surface area contributed by atoms with Gasteiger partial charge in [0, 0.05) is 36.9 Å². The summed E-state index contributed by atoms with van der Waals surface area (Å²) in [6, 6.07) is 6.08. The Balaban J connectivity index is 1.99. The van der Waals surface area contributed by atoms with E-state index in [1.54, 1.807) is 7.11 Å². The number of benzene rings is 1. The van der Waals surface area contributed by atoms with Crippen molar-refractivity contribution in [2.24, 2.45) is 0 Å². The van der Waals surface area contributed by atoms with Gasteiger partial charge in [-0.1, -0.05) is 22.0 Å². The fraction of sp³-hybridized carbons (Fsp3) is 0.500. The summed E-state index contributed by atoms with van der Waals surface area (Å²) in [5.74, 6) is 0. The van der Waals surface area contributed by atoms with Crippen LogP contribution in [0, 0.1) is 0 Å². The van der Waals surface area contributed by atoms with Crippen molar-refractivity contribution in [3.05, 3.63) is 28.2 Å². The molecular formula is C12H17BrN2O. The molecule has 1 saturated heterocycles. The first-order valence-electron chi connectivity index (χ1n) is 5.48. The van der Waals surface area contributed by atoms with Crippen molar-refractivity contribution in [3.8, 4) is 0 Å². The van der Waals surface area contributed by atoms with Crippen LogP contribution in [0.4, 0.5) is 5.69 Å². The second kappa shape index (κ2) is 5.17. The average molecular weight is 285 g/mol. The molecule has 3 nitrogen and oxygen atoms in total. The maximum atomic E-state index is 5.98. The van der Waals surface area contributed by atoms with Crippen LogP contribution in [0.25, 0.3) is 0 Å². The lowest BCUT2D eigenvalue weighted by Crippen LogP contribution is -2.22. The predicted octanol–water partition coefficient (Wildman–Crippen LogP) is 2.25. The number of methoxy groups -OCH3 is 1. The van der Waals surface area contributed by atoms with Crippen molar-refractivity contribution < 1.29 is 4.74 Å². The molecule has 0 saturated carbocycles. The highest BCUT2D eigenvalue weighted by Gasteiger charge is 2.22. The molecule has 16 heavy (non-hydrogen) atoms. The van der Waals surface area contributed by atoms with Gasteiger partial charge in [-0.15, -0.1) is 0 Å². The number of ether oxygens (including phenoxy) is 1. The first kappa shape index (κ1) is 11.9. The summed E-state index contributed by atoms with van der Waals surface area (Å²) in [5, 5.41) is 0. The topological polar surface area (TPSA) is 38.5 Å². The van der Waals surface area contributed by atoms with E-state index in [1.165, 1.54) is 5.56 Å². The quantitative estimate of drug-likeness (QED) is 0.866. The summed E-state index contributed by atoms with van der Waals surface area (Å²) in [6.45, 7) is 3.01. The first-order valence-corrected chi connectivity index (χ1v) is 6.27. The van der Waals surface area contributed by atoms with Crippen LogP contribution in [-0.2, 0) is 11.3 Å². The van der Waals surface area contributed by atoms with Crippen molar-refractivity contribution in [1.29, 1.82) is 0 Å². The van der Waals surface area contributed by atoms with Gasteiger partial charge in [0.15, 0.2) is 0 Å². The molecule has 0 amide bonds. The fourth-order valence-electron chi connectivity index (χ4n) is 2.08. The maximum absolute atomic E-state index is 5.98. The van der Waals surface area contributed by atoms with Crippen LogP contribution in [0.3, 0.4) is 0 Å². The second-order valence-electron chi connectivity index (χ2n) is 4.22. The summed E-state index contributed by atoms with van der Waals surface area (Å²) in [6.07, 6.45) is 1.50. The molecule has 1 atom stereocenters. The maximum Gasteiger partial charge on any atom is 0.0710 e. The van der Waals surface area contributed by atoms with Gasteiger partial charge in [-0.25, -0.2) is 0 Å². The van der Waals surface area contributed by atoms with Gasteiger partial charge < -0.3 is 10.5 Å². The van der Waals surface area contributed by atoms with E-state index in [4.69, 9.17) is 10.5 Å². The summed E-state index contributed by atoms with van der Waals surface area (Å²) < 4.78 is 6.38. The Bertz CT molecular complexity index is 370. The SMILES string of the molecule is COC1CCN(Cc2ccc(Br)cc2N)C1. The first-order chi connectivity index (χ1) is 7.69. The van der Waals surface area contributed by atoms with Crippen molar-refractivity contribution >= 4 is 21.6 Å². The number of likely N-dealkylation sites (tertiary alicyclic amines) is 1.